The van der Waals surface area contributed by atoms with E-state index in [0.717, 1.165) is 9.37 Å². The van der Waals surface area contributed by atoms with Crippen molar-refractivity contribution in [3.63, 3.8) is 0 Å². The van der Waals surface area contributed by atoms with Gasteiger partial charge >= 0.3 is 0 Å². The lowest BCUT2D eigenvalue weighted by molar-refractivity contribution is 1.11. The van der Waals surface area contributed by atoms with Crippen molar-refractivity contribution >= 4 is 45.0 Å². The lowest BCUT2D eigenvalue weighted by Gasteiger charge is -2.08. The third-order valence-electron chi connectivity index (χ3n) is 1.41. The number of rotatable bonds is 2. The molecule has 72 valence electrons. The number of benzene rings is 1. The van der Waals surface area contributed by atoms with Crippen LogP contribution in [-0.2, 0) is 0 Å². The second-order valence-electron chi connectivity index (χ2n) is 2.97. The van der Waals surface area contributed by atoms with E-state index in [4.69, 9.17) is 17.3 Å². The first kappa shape index (κ1) is 11.2. The van der Waals surface area contributed by atoms with Crippen molar-refractivity contribution in [2.24, 2.45) is 0 Å². The molecule has 0 heterocycles. The Bertz CT molecular complexity index is 315. The normalized spacial score (nSPS) is 10.8. The van der Waals surface area contributed by atoms with Crippen molar-refractivity contribution in [2.45, 2.75) is 24.0 Å². The number of nitrogen functional groups attached to an aromatic ring is 1. The molecule has 0 saturated heterocycles. The zero-order valence-corrected chi connectivity index (χ0v) is 10.6. The second kappa shape index (κ2) is 4.58. The van der Waals surface area contributed by atoms with E-state index in [0.29, 0.717) is 16.0 Å². The molecule has 2 N–H and O–H groups in total. The Balaban J connectivity index is 3.01. The monoisotopic (exact) mass is 279 g/mol. The molecular formula is C9H11BrClNS. The van der Waals surface area contributed by atoms with Crippen LogP contribution in [0.15, 0.2) is 21.5 Å². The van der Waals surface area contributed by atoms with E-state index in [1.54, 1.807) is 11.8 Å². The van der Waals surface area contributed by atoms with Gasteiger partial charge in [0.1, 0.15) is 0 Å². The minimum absolute atomic E-state index is 0.538. The van der Waals surface area contributed by atoms with Crippen molar-refractivity contribution in [3.05, 3.63) is 21.6 Å². The summed E-state index contributed by atoms with van der Waals surface area (Å²) >= 11 is 11.1. The Morgan fingerprint density at radius 3 is 2.62 bits per heavy atom. The van der Waals surface area contributed by atoms with E-state index in [-0.39, 0.29) is 0 Å². The zero-order valence-electron chi connectivity index (χ0n) is 7.47. The van der Waals surface area contributed by atoms with E-state index in [9.17, 15) is 0 Å². The maximum atomic E-state index is 5.91. The number of nitrogens with two attached hydrogens (primary N) is 1. The summed E-state index contributed by atoms with van der Waals surface area (Å²) in [4.78, 5) is 1.13. The summed E-state index contributed by atoms with van der Waals surface area (Å²) in [6.45, 7) is 4.28. The van der Waals surface area contributed by atoms with Crippen molar-refractivity contribution in [2.75, 3.05) is 5.73 Å². The van der Waals surface area contributed by atoms with E-state index in [1.807, 2.05) is 12.1 Å². The summed E-state index contributed by atoms with van der Waals surface area (Å²) in [5, 5.41) is 1.15. The second-order valence-corrected chi connectivity index (χ2v) is 5.85. The summed E-state index contributed by atoms with van der Waals surface area (Å²) in [5.74, 6) is 0. The van der Waals surface area contributed by atoms with Crippen LogP contribution in [-0.4, -0.2) is 5.25 Å². The quantitative estimate of drug-likeness (QED) is 0.649. The van der Waals surface area contributed by atoms with Gasteiger partial charge in [0.05, 0.1) is 10.7 Å². The molecule has 0 unspecified atom stereocenters. The van der Waals surface area contributed by atoms with Crippen LogP contribution in [0.3, 0.4) is 0 Å². The molecule has 1 rings (SSSR count). The molecule has 0 aliphatic heterocycles. The third-order valence-corrected chi connectivity index (χ3v) is 3.72. The molecule has 0 aliphatic carbocycles. The number of hydrogen-bond donors (Lipinski definition) is 1. The molecule has 1 aromatic rings. The predicted molar refractivity (Wildman–Crippen MR) is 64.6 cm³/mol. The molecule has 0 bridgehead atoms. The van der Waals surface area contributed by atoms with Crippen LogP contribution in [0.5, 0.6) is 0 Å². The highest BCUT2D eigenvalue weighted by Crippen LogP contribution is 2.35. The maximum Gasteiger partial charge on any atom is 0.0647 e. The van der Waals surface area contributed by atoms with Gasteiger partial charge in [-0.25, -0.2) is 0 Å². The van der Waals surface area contributed by atoms with Crippen molar-refractivity contribution in [1.29, 1.82) is 0 Å². The highest BCUT2D eigenvalue weighted by atomic mass is 79.9. The highest BCUT2D eigenvalue weighted by molar-refractivity contribution is 9.10. The number of hydrogen-bond acceptors (Lipinski definition) is 2. The summed E-state index contributed by atoms with van der Waals surface area (Å²) in [6.07, 6.45) is 0. The summed E-state index contributed by atoms with van der Waals surface area (Å²) in [6, 6.07) is 3.73. The van der Waals surface area contributed by atoms with Gasteiger partial charge in [0.25, 0.3) is 0 Å². The smallest absolute Gasteiger partial charge is 0.0647 e. The van der Waals surface area contributed by atoms with E-state index >= 15 is 0 Å². The first-order valence-corrected chi connectivity index (χ1v) is 5.97. The fourth-order valence-electron chi connectivity index (χ4n) is 0.888. The van der Waals surface area contributed by atoms with E-state index in [2.05, 4.69) is 29.8 Å². The topological polar surface area (TPSA) is 26.0 Å². The molecule has 0 saturated carbocycles. The first-order chi connectivity index (χ1) is 6.00. The molecule has 13 heavy (non-hydrogen) atoms. The van der Waals surface area contributed by atoms with Gasteiger partial charge in [0, 0.05) is 14.6 Å². The van der Waals surface area contributed by atoms with Crippen molar-refractivity contribution < 1.29 is 0 Å². The van der Waals surface area contributed by atoms with Crippen LogP contribution < -0.4 is 5.73 Å². The molecule has 0 spiro atoms. The van der Waals surface area contributed by atoms with E-state index < -0.39 is 0 Å². The van der Waals surface area contributed by atoms with Crippen LogP contribution in [0.4, 0.5) is 5.69 Å². The minimum atomic E-state index is 0.538. The zero-order chi connectivity index (χ0) is 10.0. The maximum absolute atomic E-state index is 5.91. The third kappa shape index (κ3) is 3.08. The Hall–Kier alpha value is 0.140. The van der Waals surface area contributed by atoms with Crippen LogP contribution in [0.1, 0.15) is 13.8 Å². The summed E-state index contributed by atoms with van der Waals surface area (Å²) < 4.78 is 1.01. The number of halogens is 2. The van der Waals surface area contributed by atoms with Crippen molar-refractivity contribution in [3.8, 4) is 0 Å². The fourth-order valence-corrected chi connectivity index (χ4v) is 2.62. The van der Waals surface area contributed by atoms with E-state index in [1.165, 1.54) is 0 Å². The Labute approximate surface area is 96.2 Å². The molecule has 4 heteroatoms. The minimum Gasteiger partial charge on any atom is -0.397 e. The largest absolute Gasteiger partial charge is 0.397 e. The highest BCUT2D eigenvalue weighted by Gasteiger charge is 2.06. The Kier molecular flexibility index (Phi) is 3.95. The van der Waals surface area contributed by atoms with Gasteiger partial charge in [0.2, 0.25) is 0 Å². The molecule has 1 nitrogen and oxygen atoms in total. The average Bonchev–Trinajstić information content (AvgIpc) is 1.99. The molecule has 0 radical (unpaired) electrons. The fraction of sp³-hybridized carbons (Fsp3) is 0.333. The van der Waals surface area contributed by atoms with Gasteiger partial charge < -0.3 is 5.73 Å². The molecule has 0 aromatic heterocycles. The molecule has 1 aromatic carbocycles. The average molecular weight is 281 g/mol. The SMILES string of the molecule is CC(C)Sc1cc(Cl)c(N)cc1Br. The van der Waals surface area contributed by atoms with Crippen LogP contribution in [0.25, 0.3) is 0 Å². The predicted octanol–water partition coefficient (Wildman–Crippen LogP) is 4.19. The van der Waals surface area contributed by atoms with Gasteiger partial charge in [-0.1, -0.05) is 25.4 Å². The van der Waals surface area contributed by atoms with Gasteiger partial charge in [-0.15, -0.1) is 11.8 Å². The summed E-state index contributed by atoms with van der Waals surface area (Å²) in [5.41, 5.74) is 6.26. The molecule has 0 atom stereocenters. The lowest BCUT2D eigenvalue weighted by Crippen LogP contribution is -1.90. The van der Waals surface area contributed by atoms with Gasteiger partial charge in [-0.3, -0.25) is 0 Å². The standard InChI is InChI=1S/C9H11BrClNS/c1-5(2)13-9-4-7(11)8(12)3-6(9)10/h3-5H,12H2,1-2H3. The Morgan fingerprint density at radius 2 is 2.08 bits per heavy atom. The lowest BCUT2D eigenvalue weighted by atomic mass is 10.3. The van der Waals surface area contributed by atoms with Gasteiger partial charge in [0.15, 0.2) is 0 Å². The summed E-state index contributed by atoms with van der Waals surface area (Å²) in [7, 11) is 0. The van der Waals surface area contributed by atoms with Crippen LogP contribution in [0.2, 0.25) is 5.02 Å². The molecule has 0 amide bonds. The molecule has 0 aliphatic rings. The first-order valence-electron chi connectivity index (χ1n) is 3.92. The molecule has 0 fully saturated rings. The number of thioether (sulfide) groups is 1. The molecular weight excluding hydrogens is 270 g/mol. The Morgan fingerprint density at radius 1 is 1.46 bits per heavy atom. The number of anilines is 1. The van der Waals surface area contributed by atoms with Crippen LogP contribution in [0, 0.1) is 0 Å². The van der Waals surface area contributed by atoms with Gasteiger partial charge in [-0.05, 0) is 28.1 Å². The van der Waals surface area contributed by atoms with Crippen LogP contribution >= 0.6 is 39.3 Å². The van der Waals surface area contributed by atoms with Crippen molar-refractivity contribution in [1.82, 2.24) is 0 Å². The van der Waals surface area contributed by atoms with Gasteiger partial charge in [-0.2, -0.15) is 0 Å².